The number of halogens is 1. The highest BCUT2D eigenvalue weighted by atomic mass is 32.1. The lowest BCUT2D eigenvalue weighted by Crippen LogP contribution is -2.49. The maximum absolute atomic E-state index is 13.5. The van der Waals surface area contributed by atoms with Crippen molar-refractivity contribution in [2.45, 2.75) is 65.0 Å². The van der Waals surface area contributed by atoms with Crippen LogP contribution in [0, 0.1) is 11.9 Å². The van der Waals surface area contributed by atoms with Crippen LogP contribution in [-0.4, -0.2) is 27.6 Å². The van der Waals surface area contributed by atoms with E-state index in [0.717, 1.165) is 25.7 Å². The van der Waals surface area contributed by atoms with Gasteiger partial charge >= 0.3 is 6.03 Å². The number of hydrogen-bond donors (Lipinski definition) is 1. The zero-order valence-corrected chi connectivity index (χ0v) is 17.6. The average molecular weight is 407 g/mol. The van der Waals surface area contributed by atoms with E-state index in [1.54, 1.807) is 22.4 Å². The first-order valence-corrected chi connectivity index (χ1v) is 10.5. The van der Waals surface area contributed by atoms with Gasteiger partial charge in [0.05, 0.1) is 11.3 Å². The summed E-state index contributed by atoms with van der Waals surface area (Å²) < 4.78 is 13.5. The van der Waals surface area contributed by atoms with E-state index in [-0.39, 0.29) is 12.1 Å². The summed E-state index contributed by atoms with van der Waals surface area (Å²) in [5.41, 5.74) is 3.07. The Morgan fingerprint density at radius 2 is 1.93 bits per heavy atom. The molecule has 0 radical (unpaired) electrons. The number of carbonyl (C=O) groups is 1. The standard InChI is InChI=1S/C20H27FN4O2S/c1-13-8-10-14(11-9-13)25(18(26)24-27-20(2,3)4)19-23-16(12-28-19)15-6-5-7-17(21)22-15/h5-7,12-14H,8-11H2,1-4H3,(H,24,26). The van der Waals surface area contributed by atoms with E-state index in [1.165, 1.54) is 17.4 Å². The van der Waals surface area contributed by atoms with Gasteiger partial charge in [-0.25, -0.2) is 20.2 Å². The number of rotatable bonds is 4. The number of aromatic nitrogens is 2. The summed E-state index contributed by atoms with van der Waals surface area (Å²) in [6, 6.07) is 4.32. The summed E-state index contributed by atoms with van der Waals surface area (Å²) in [6.45, 7) is 7.85. The first-order valence-electron chi connectivity index (χ1n) is 9.58. The van der Waals surface area contributed by atoms with E-state index >= 15 is 0 Å². The Hall–Kier alpha value is -2.06. The third-order valence-corrected chi connectivity index (χ3v) is 5.53. The molecular formula is C20H27FN4O2S. The maximum Gasteiger partial charge on any atom is 0.347 e. The molecule has 3 rings (SSSR count). The molecule has 6 nitrogen and oxygen atoms in total. The van der Waals surface area contributed by atoms with Gasteiger partial charge in [0.2, 0.25) is 5.95 Å². The summed E-state index contributed by atoms with van der Waals surface area (Å²) in [5.74, 6) is 0.108. The summed E-state index contributed by atoms with van der Waals surface area (Å²) in [5, 5.41) is 2.36. The van der Waals surface area contributed by atoms with E-state index < -0.39 is 11.5 Å². The minimum absolute atomic E-state index is 0.0548. The largest absolute Gasteiger partial charge is 0.347 e. The molecule has 1 aliphatic carbocycles. The molecule has 152 valence electrons. The Labute approximate surface area is 169 Å². The van der Waals surface area contributed by atoms with Crippen molar-refractivity contribution in [3.05, 3.63) is 29.5 Å². The highest BCUT2D eigenvalue weighted by Gasteiger charge is 2.31. The predicted octanol–water partition coefficient (Wildman–Crippen LogP) is 5.17. The summed E-state index contributed by atoms with van der Waals surface area (Å²) in [4.78, 5) is 28.6. The maximum atomic E-state index is 13.5. The highest BCUT2D eigenvalue weighted by Crippen LogP contribution is 2.33. The van der Waals surface area contributed by atoms with Crippen molar-refractivity contribution in [3.63, 3.8) is 0 Å². The van der Waals surface area contributed by atoms with Crippen molar-refractivity contribution in [2.75, 3.05) is 4.90 Å². The van der Waals surface area contributed by atoms with Crippen molar-refractivity contribution in [3.8, 4) is 11.4 Å². The Bertz CT molecular complexity index is 813. The summed E-state index contributed by atoms with van der Waals surface area (Å²) >= 11 is 1.35. The molecular weight excluding hydrogens is 379 g/mol. The van der Waals surface area contributed by atoms with Gasteiger partial charge < -0.3 is 0 Å². The molecule has 1 N–H and O–H groups in total. The van der Waals surface area contributed by atoms with Crippen LogP contribution in [0.1, 0.15) is 53.4 Å². The zero-order chi connectivity index (χ0) is 20.3. The molecule has 28 heavy (non-hydrogen) atoms. The molecule has 2 aromatic heterocycles. The molecule has 0 saturated heterocycles. The molecule has 1 fully saturated rings. The fraction of sp³-hybridized carbons (Fsp3) is 0.550. The first-order chi connectivity index (χ1) is 13.2. The molecule has 0 atom stereocenters. The number of amides is 2. The summed E-state index contributed by atoms with van der Waals surface area (Å²) in [6.07, 6.45) is 3.96. The van der Waals surface area contributed by atoms with Crippen LogP contribution in [0.5, 0.6) is 0 Å². The lowest BCUT2D eigenvalue weighted by molar-refractivity contribution is -0.0520. The van der Waals surface area contributed by atoms with Gasteiger partial charge in [0.25, 0.3) is 0 Å². The average Bonchev–Trinajstić information content (AvgIpc) is 3.11. The van der Waals surface area contributed by atoms with Crippen LogP contribution < -0.4 is 10.4 Å². The lowest BCUT2D eigenvalue weighted by Gasteiger charge is -2.35. The van der Waals surface area contributed by atoms with Crippen LogP contribution in [0.15, 0.2) is 23.6 Å². The monoisotopic (exact) mass is 406 g/mol. The Morgan fingerprint density at radius 1 is 1.21 bits per heavy atom. The SMILES string of the molecule is CC1CCC(N(C(=O)NOC(C)(C)C)c2nc(-c3cccc(F)n3)cs2)CC1. The quantitative estimate of drug-likeness (QED) is 0.562. The van der Waals surface area contributed by atoms with Crippen LogP contribution in [0.4, 0.5) is 14.3 Å². The Morgan fingerprint density at radius 3 is 2.57 bits per heavy atom. The second kappa shape index (κ2) is 8.53. The van der Waals surface area contributed by atoms with Crippen LogP contribution in [-0.2, 0) is 4.84 Å². The number of nitrogens with zero attached hydrogens (tertiary/aromatic N) is 3. The Kier molecular flexibility index (Phi) is 6.30. The second-order valence-electron chi connectivity index (χ2n) is 8.27. The molecule has 0 aromatic carbocycles. The molecule has 0 aliphatic heterocycles. The molecule has 8 heteroatoms. The fourth-order valence-electron chi connectivity index (χ4n) is 3.20. The molecule has 2 heterocycles. The van der Waals surface area contributed by atoms with Crippen molar-refractivity contribution in [1.82, 2.24) is 15.4 Å². The number of nitrogens with one attached hydrogen (secondary N) is 1. The zero-order valence-electron chi connectivity index (χ0n) is 16.7. The van der Waals surface area contributed by atoms with E-state index in [2.05, 4.69) is 22.4 Å². The van der Waals surface area contributed by atoms with Crippen LogP contribution in [0.2, 0.25) is 0 Å². The van der Waals surface area contributed by atoms with Gasteiger partial charge in [-0.05, 0) is 64.5 Å². The van der Waals surface area contributed by atoms with Gasteiger partial charge in [-0.1, -0.05) is 13.0 Å². The molecule has 0 bridgehead atoms. The van der Waals surface area contributed by atoms with Gasteiger partial charge in [0.15, 0.2) is 5.13 Å². The van der Waals surface area contributed by atoms with Gasteiger partial charge in [-0.15, -0.1) is 11.3 Å². The topological polar surface area (TPSA) is 67.4 Å². The van der Waals surface area contributed by atoms with E-state index in [0.29, 0.717) is 22.4 Å². The van der Waals surface area contributed by atoms with E-state index in [9.17, 15) is 9.18 Å². The number of carbonyl (C=O) groups excluding carboxylic acids is 1. The number of pyridine rings is 1. The van der Waals surface area contributed by atoms with Crippen LogP contribution in [0.3, 0.4) is 0 Å². The molecule has 2 aromatic rings. The molecule has 0 spiro atoms. The number of anilines is 1. The number of hydrogen-bond acceptors (Lipinski definition) is 5. The second-order valence-corrected chi connectivity index (χ2v) is 9.10. The minimum Gasteiger partial charge on any atom is -0.266 e. The molecule has 1 aliphatic rings. The lowest BCUT2D eigenvalue weighted by atomic mass is 9.87. The van der Waals surface area contributed by atoms with E-state index in [4.69, 9.17) is 4.84 Å². The highest BCUT2D eigenvalue weighted by molar-refractivity contribution is 7.14. The first kappa shape index (κ1) is 20.7. The molecule has 2 amide bonds. The smallest absolute Gasteiger partial charge is 0.266 e. The van der Waals surface area contributed by atoms with Gasteiger partial charge in [0.1, 0.15) is 5.69 Å². The van der Waals surface area contributed by atoms with Gasteiger partial charge in [-0.3, -0.25) is 9.74 Å². The van der Waals surface area contributed by atoms with Crippen molar-refractivity contribution in [1.29, 1.82) is 0 Å². The Balaban J connectivity index is 1.85. The molecule has 0 unspecified atom stereocenters. The number of thiazole rings is 1. The van der Waals surface area contributed by atoms with Crippen molar-refractivity contribution in [2.24, 2.45) is 5.92 Å². The van der Waals surface area contributed by atoms with Gasteiger partial charge in [-0.2, -0.15) is 4.39 Å². The molecule has 1 saturated carbocycles. The number of urea groups is 1. The summed E-state index contributed by atoms with van der Waals surface area (Å²) in [7, 11) is 0. The van der Waals surface area contributed by atoms with Crippen molar-refractivity contribution >= 4 is 22.5 Å². The fourth-order valence-corrected chi connectivity index (χ4v) is 4.09. The normalized spacial score (nSPS) is 20.0. The minimum atomic E-state index is -0.554. The third-order valence-electron chi connectivity index (χ3n) is 4.69. The van der Waals surface area contributed by atoms with Gasteiger partial charge in [0, 0.05) is 11.4 Å². The van der Waals surface area contributed by atoms with E-state index in [1.807, 2.05) is 20.8 Å². The third kappa shape index (κ3) is 5.26. The number of hydroxylamine groups is 1. The van der Waals surface area contributed by atoms with Crippen LogP contribution >= 0.6 is 11.3 Å². The predicted molar refractivity (Wildman–Crippen MR) is 109 cm³/mol. The van der Waals surface area contributed by atoms with Crippen molar-refractivity contribution < 1.29 is 14.0 Å². The van der Waals surface area contributed by atoms with Crippen LogP contribution in [0.25, 0.3) is 11.4 Å².